The van der Waals surface area contributed by atoms with Gasteiger partial charge in [-0.3, -0.25) is 5.32 Å². The fourth-order valence-corrected chi connectivity index (χ4v) is 4.43. The fourth-order valence-electron chi connectivity index (χ4n) is 2.97. The number of benzene rings is 1. The summed E-state index contributed by atoms with van der Waals surface area (Å²) in [6.45, 7) is 4.24. The van der Waals surface area contributed by atoms with Crippen LogP contribution in [0.5, 0.6) is 0 Å². The summed E-state index contributed by atoms with van der Waals surface area (Å²) in [4.78, 5) is 2.26. The van der Waals surface area contributed by atoms with E-state index in [1.54, 1.807) is 22.7 Å². The molecule has 2 atom stereocenters. The van der Waals surface area contributed by atoms with Crippen LogP contribution in [0.15, 0.2) is 63.7 Å². The largest absolute Gasteiger partial charge is 0.418 e. The van der Waals surface area contributed by atoms with Crippen molar-refractivity contribution < 1.29 is 4.42 Å². The zero-order valence-corrected chi connectivity index (χ0v) is 16.9. The third-order valence-electron chi connectivity index (χ3n) is 4.51. The molecule has 138 valence electrons. The van der Waals surface area contributed by atoms with E-state index in [-0.39, 0.29) is 12.1 Å². The summed E-state index contributed by atoms with van der Waals surface area (Å²) in [6, 6.07) is 17.0. The first-order valence-corrected chi connectivity index (χ1v) is 10.8. The quantitative estimate of drug-likeness (QED) is 0.426. The van der Waals surface area contributed by atoms with Gasteiger partial charge in [0.1, 0.15) is 0 Å². The third-order valence-corrected chi connectivity index (χ3v) is 6.30. The molecule has 1 aromatic carbocycles. The van der Waals surface area contributed by atoms with Crippen LogP contribution in [0.1, 0.15) is 47.8 Å². The minimum Gasteiger partial charge on any atom is -0.418 e. The zero-order chi connectivity index (χ0) is 18.6. The number of hydrogen-bond acceptors (Lipinski definition) is 6. The Morgan fingerprint density at radius 3 is 2.44 bits per heavy atom. The summed E-state index contributed by atoms with van der Waals surface area (Å²) in [6.07, 6.45) is 1.04. The van der Waals surface area contributed by atoms with Gasteiger partial charge in [0.15, 0.2) is 0 Å². The fraction of sp³-hybridized carbons (Fsp3) is 0.238. The second kappa shape index (κ2) is 8.17. The van der Waals surface area contributed by atoms with Gasteiger partial charge in [0.2, 0.25) is 5.89 Å². The zero-order valence-electron chi connectivity index (χ0n) is 15.3. The highest BCUT2D eigenvalue weighted by Crippen LogP contribution is 2.30. The van der Waals surface area contributed by atoms with Gasteiger partial charge in [0, 0.05) is 4.88 Å². The van der Waals surface area contributed by atoms with Gasteiger partial charge < -0.3 is 4.42 Å². The Balaban J connectivity index is 1.57. The van der Waals surface area contributed by atoms with Crippen LogP contribution in [0.4, 0.5) is 0 Å². The lowest BCUT2D eigenvalue weighted by molar-refractivity contribution is 0.405. The van der Waals surface area contributed by atoms with Crippen molar-refractivity contribution in [3.8, 4) is 10.8 Å². The summed E-state index contributed by atoms with van der Waals surface area (Å²) >= 11 is 3.35. The summed E-state index contributed by atoms with van der Waals surface area (Å²) < 4.78 is 5.91. The SMILES string of the molecule is CCc1ccc([C@@H](N[C@H](C)c2nnc(-c3cccs3)o2)c2cccs2)cc1. The number of aryl methyl sites for hydroxylation is 1. The van der Waals surface area contributed by atoms with E-state index < -0.39 is 0 Å². The highest BCUT2D eigenvalue weighted by atomic mass is 32.1. The molecule has 0 radical (unpaired) electrons. The van der Waals surface area contributed by atoms with Crippen LogP contribution in [-0.4, -0.2) is 10.2 Å². The van der Waals surface area contributed by atoms with Crippen molar-refractivity contribution in [3.63, 3.8) is 0 Å². The molecular formula is C21H21N3OS2. The lowest BCUT2D eigenvalue weighted by Gasteiger charge is -2.21. The molecular weight excluding hydrogens is 374 g/mol. The molecule has 4 aromatic rings. The monoisotopic (exact) mass is 395 g/mol. The van der Waals surface area contributed by atoms with Gasteiger partial charge in [-0.15, -0.1) is 32.9 Å². The molecule has 0 saturated carbocycles. The topological polar surface area (TPSA) is 51.0 Å². The maximum Gasteiger partial charge on any atom is 0.257 e. The van der Waals surface area contributed by atoms with E-state index in [9.17, 15) is 0 Å². The van der Waals surface area contributed by atoms with Crippen molar-refractivity contribution in [2.75, 3.05) is 0 Å². The number of nitrogens with zero attached hydrogens (tertiary/aromatic N) is 2. The predicted octanol–water partition coefficient (Wildman–Crippen LogP) is 5.86. The van der Waals surface area contributed by atoms with Gasteiger partial charge in [-0.2, -0.15) is 0 Å². The van der Waals surface area contributed by atoms with Crippen LogP contribution >= 0.6 is 22.7 Å². The van der Waals surface area contributed by atoms with Crippen molar-refractivity contribution in [2.45, 2.75) is 32.4 Å². The summed E-state index contributed by atoms with van der Waals surface area (Å²) in [5.74, 6) is 1.18. The van der Waals surface area contributed by atoms with Crippen molar-refractivity contribution in [2.24, 2.45) is 0 Å². The van der Waals surface area contributed by atoms with Gasteiger partial charge in [-0.05, 0) is 47.4 Å². The average molecular weight is 396 g/mol. The standard InChI is InChI=1S/C21H21N3OS2/c1-3-15-8-10-16(11-9-15)19(17-6-4-12-26-17)22-14(2)20-23-24-21(25-20)18-7-5-13-27-18/h4-14,19,22H,3H2,1-2H3/t14-,19-/m1/s1. The lowest BCUT2D eigenvalue weighted by Crippen LogP contribution is -2.25. The van der Waals surface area contributed by atoms with Crippen molar-refractivity contribution >= 4 is 22.7 Å². The van der Waals surface area contributed by atoms with Gasteiger partial charge in [-0.1, -0.05) is 43.3 Å². The van der Waals surface area contributed by atoms with E-state index in [4.69, 9.17) is 4.42 Å². The van der Waals surface area contributed by atoms with E-state index in [2.05, 4.69) is 71.1 Å². The number of nitrogens with one attached hydrogen (secondary N) is 1. The predicted molar refractivity (Wildman–Crippen MR) is 111 cm³/mol. The highest BCUT2D eigenvalue weighted by Gasteiger charge is 2.22. The average Bonchev–Trinajstić information content (AvgIpc) is 3.47. The van der Waals surface area contributed by atoms with Gasteiger partial charge in [0.25, 0.3) is 5.89 Å². The normalized spacial score (nSPS) is 13.6. The Morgan fingerprint density at radius 1 is 1.00 bits per heavy atom. The van der Waals surface area contributed by atoms with Crippen molar-refractivity contribution in [3.05, 3.63) is 81.2 Å². The number of hydrogen-bond donors (Lipinski definition) is 1. The van der Waals surface area contributed by atoms with Crippen LogP contribution in [0.3, 0.4) is 0 Å². The number of rotatable bonds is 7. The van der Waals surface area contributed by atoms with Gasteiger partial charge in [-0.25, -0.2) is 0 Å². The smallest absolute Gasteiger partial charge is 0.257 e. The minimum atomic E-state index is -0.0656. The molecule has 3 aromatic heterocycles. The minimum absolute atomic E-state index is 0.0656. The molecule has 0 spiro atoms. The van der Waals surface area contributed by atoms with Crippen molar-refractivity contribution in [1.82, 2.24) is 15.5 Å². The molecule has 0 saturated heterocycles. The molecule has 1 N–H and O–H groups in total. The molecule has 3 heterocycles. The molecule has 4 nitrogen and oxygen atoms in total. The first-order chi connectivity index (χ1) is 13.2. The molecule has 4 rings (SSSR count). The highest BCUT2D eigenvalue weighted by molar-refractivity contribution is 7.13. The molecule has 0 aliphatic rings. The molecule has 0 unspecified atom stereocenters. The molecule has 0 aliphatic heterocycles. The Morgan fingerprint density at radius 2 is 1.78 bits per heavy atom. The van der Waals surface area contributed by atoms with Crippen LogP contribution in [0, 0.1) is 0 Å². The molecule has 6 heteroatoms. The molecule has 0 aliphatic carbocycles. The van der Waals surface area contributed by atoms with Crippen molar-refractivity contribution in [1.29, 1.82) is 0 Å². The second-order valence-corrected chi connectivity index (χ2v) is 8.28. The molecule has 0 fully saturated rings. The first kappa shape index (κ1) is 18.1. The van der Waals surface area contributed by atoms with E-state index >= 15 is 0 Å². The lowest BCUT2D eigenvalue weighted by atomic mass is 10.0. The number of aromatic nitrogens is 2. The van der Waals surface area contributed by atoms with E-state index in [1.165, 1.54) is 16.0 Å². The Labute approximate surface area is 166 Å². The third kappa shape index (κ3) is 4.03. The summed E-state index contributed by atoms with van der Waals surface area (Å²) in [7, 11) is 0. The Bertz CT molecular complexity index is 959. The second-order valence-electron chi connectivity index (χ2n) is 6.35. The number of thiophene rings is 2. The van der Waals surface area contributed by atoms with Crippen LogP contribution < -0.4 is 5.32 Å². The van der Waals surface area contributed by atoms with Gasteiger partial charge in [0.05, 0.1) is 17.0 Å². The van der Waals surface area contributed by atoms with E-state index in [0.717, 1.165) is 11.3 Å². The van der Waals surface area contributed by atoms with Crippen LogP contribution in [-0.2, 0) is 6.42 Å². The maximum atomic E-state index is 5.91. The molecule has 27 heavy (non-hydrogen) atoms. The maximum absolute atomic E-state index is 5.91. The Hall–Kier alpha value is -2.28. The summed E-state index contributed by atoms with van der Waals surface area (Å²) in [5, 5.41) is 16.2. The summed E-state index contributed by atoms with van der Waals surface area (Å²) in [5.41, 5.74) is 2.58. The van der Waals surface area contributed by atoms with E-state index in [0.29, 0.717) is 11.8 Å². The molecule has 0 bridgehead atoms. The first-order valence-electron chi connectivity index (χ1n) is 9.00. The van der Waals surface area contributed by atoms with Gasteiger partial charge >= 0.3 is 0 Å². The van der Waals surface area contributed by atoms with E-state index in [1.807, 2.05) is 17.5 Å². The van der Waals surface area contributed by atoms with Crippen LogP contribution in [0.2, 0.25) is 0 Å². The Kier molecular flexibility index (Phi) is 5.48. The van der Waals surface area contributed by atoms with Crippen LogP contribution in [0.25, 0.3) is 10.8 Å². The molecule has 0 amide bonds.